The van der Waals surface area contributed by atoms with Crippen LogP contribution in [0.15, 0.2) is 30.5 Å². The fourth-order valence-corrected chi connectivity index (χ4v) is 2.18. The first-order chi connectivity index (χ1) is 10.4. The highest BCUT2D eigenvalue weighted by Gasteiger charge is 2.39. The summed E-state index contributed by atoms with van der Waals surface area (Å²) in [6.45, 7) is 0. The molecule has 110 valence electrons. The van der Waals surface area contributed by atoms with Crippen LogP contribution in [-0.4, -0.2) is 21.7 Å². The van der Waals surface area contributed by atoms with Crippen LogP contribution in [0.1, 0.15) is 20.7 Å². The Morgan fingerprint density at radius 3 is 2.36 bits per heavy atom. The second-order valence-electron chi connectivity index (χ2n) is 4.50. The lowest BCUT2D eigenvalue weighted by molar-refractivity contribution is -0.383. The zero-order chi connectivity index (χ0) is 16.0. The average molecular weight is 302 g/mol. The SMILES string of the molecule is Nc1cc2c(cc1[N+](=O)[O-])C(=O)N(c1ccc(F)nc1)C2=O. The van der Waals surface area contributed by atoms with Crippen molar-refractivity contribution >= 4 is 28.9 Å². The van der Waals surface area contributed by atoms with Gasteiger partial charge in [-0.05, 0) is 18.2 Å². The second-order valence-corrected chi connectivity index (χ2v) is 4.50. The van der Waals surface area contributed by atoms with Gasteiger partial charge in [-0.2, -0.15) is 4.39 Å². The minimum atomic E-state index is -0.764. The molecule has 2 aromatic rings. The van der Waals surface area contributed by atoms with E-state index in [9.17, 15) is 24.1 Å². The first kappa shape index (κ1) is 13.6. The molecule has 1 aliphatic heterocycles. The summed E-state index contributed by atoms with van der Waals surface area (Å²) >= 11 is 0. The standard InChI is InChI=1S/C13H7FN4O4/c14-11-2-1-6(5-16-11)17-12(19)7-3-9(15)10(18(21)22)4-8(7)13(17)20/h1-5H,15H2. The fraction of sp³-hybridized carbons (Fsp3) is 0. The van der Waals surface area contributed by atoms with Gasteiger partial charge in [0, 0.05) is 6.07 Å². The number of nitrogens with two attached hydrogens (primary N) is 1. The van der Waals surface area contributed by atoms with E-state index in [4.69, 9.17) is 5.73 Å². The van der Waals surface area contributed by atoms with Crippen LogP contribution in [0.3, 0.4) is 0 Å². The Labute approximate surface area is 122 Å². The molecule has 2 amide bonds. The lowest BCUT2D eigenvalue weighted by Crippen LogP contribution is -2.29. The van der Waals surface area contributed by atoms with Crippen molar-refractivity contribution in [3.63, 3.8) is 0 Å². The molecule has 2 heterocycles. The number of nitrogen functional groups attached to an aromatic ring is 1. The molecule has 1 aromatic carbocycles. The zero-order valence-electron chi connectivity index (χ0n) is 10.8. The van der Waals surface area contributed by atoms with Crippen LogP contribution < -0.4 is 10.6 Å². The number of anilines is 2. The molecule has 0 saturated carbocycles. The molecule has 0 fully saturated rings. The van der Waals surface area contributed by atoms with Crippen molar-refractivity contribution in [2.45, 2.75) is 0 Å². The molecule has 22 heavy (non-hydrogen) atoms. The number of amides is 2. The average Bonchev–Trinajstić information content (AvgIpc) is 2.71. The number of nitro benzene ring substituents is 1. The summed E-state index contributed by atoms with van der Waals surface area (Å²) in [5.74, 6) is -2.22. The maximum atomic E-state index is 12.8. The number of rotatable bonds is 2. The number of aromatic nitrogens is 1. The van der Waals surface area contributed by atoms with Crippen LogP contribution in [0.5, 0.6) is 0 Å². The maximum absolute atomic E-state index is 12.8. The Morgan fingerprint density at radius 1 is 1.18 bits per heavy atom. The molecule has 9 heteroatoms. The first-order valence-electron chi connectivity index (χ1n) is 5.98. The number of imide groups is 1. The van der Waals surface area contributed by atoms with E-state index in [0.29, 0.717) is 0 Å². The third kappa shape index (κ3) is 1.87. The van der Waals surface area contributed by atoms with Crippen molar-refractivity contribution in [1.29, 1.82) is 0 Å². The van der Waals surface area contributed by atoms with Crippen molar-refractivity contribution in [2.24, 2.45) is 0 Å². The highest BCUT2D eigenvalue weighted by molar-refractivity contribution is 6.34. The van der Waals surface area contributed by atoms with E-state index in [1.54, 1.807) is 0 Å². The summed E-state index contributed by atoms with van der Waals surface area (Å²) in [7, 11) is 0. The normalized spacial score (nSPS) is 13.4. The molecule has 3 rings (SSSR count). The Kier molecular flexibility index (Phi) is 2.84. The smallest absolute Gasteiger partial charge is 0.292 e. The van der Waals surface area contributed by atoms with Crippen molar-refractivity contribution < 1.29 is 18.9 Å². The summed E-state index contributed by atoms with van der Waals surface area (Å²) in [6.07, 6.45) is 1.02. The molecule has 0 aliphatic carbocycles. The van der Waals surface area contributed by atoms with E-state index in [2.05, 4.69) is 4.98 Å². The molecule has 0 saturated heterocycles. The molecule has 0 radical (unpaired) electrons. The highest BCUT2D eigenvalue weighted by atomic mass is 19.1. The number of nitrogens with zero attached hydrogens (tertiary/aromatic N) is 3. The van der Waals surface area contributed by atoms with E-state index < -0.39 is 28.4 Å². The van der Waals surface area contributed by atoms with Crippen molar-refractivity contribution in [1.82, 2.24) is 4.98 Å². The molecular weight excluding hydrogens is 295 g/mol. The molecular formula is C13H7FN4O4. The first-order valence-corrected chi connectivity index (χ1v) is 5.98. The minimum absolute atomic E-state index is 0.0441. The molecule has 0 spiro atoms. The van der Waals surface area contributed by atoms with Crippen LogP contribution in [0, 0.1) is 16.1 Å². The molecule has 2 N–H and O–H groups in total. The Morgan fingerprint density at radius 2 is 1.82 bits per heavy atom. The van der Waals surface area contributed by atoms with Crippen molar-refractivity contribution in [3.05, 3.63) is 57.7 Å². The van der Waals surface area contributed by atoms with Gasteiger partial charge in [0.25, 0.3) is 17.5 Å². The summed E-state index contributed by atoms with van der Waals surface area (Å²) in [6, 6.07) is 4.25. The monoisotopic (exact) mass is 302 g/mol. The highest BCUT2D eigenvalue weighted by Crippen LogP contribution is 2.33. The third-order valence-corrected chi connectivity index (χ3v) is 3.20. The Hall–Kier alpha value is -3.36. The summed E-state index contributed by atoms with van der Waals surface area (Å²) in [4.78, 5) is 38.8. The summed E-state index contributed by atoms with van der Waals surface area (Å²) < 4.78 is 12.8. The van der Waals surface area contributed by atoms with Gasteiger partial charge in [-0.25, -0.2) is 9.88 Å². The van der Waals surface area contributed by atoms with Crippen LogP contribution in [0.2, 0.25) is 0 Å². The summed E-state index contributed by atoms with van der Waals surface area (Å²) in [5, 5.41) is 10.9. The third-order valence-electron chi connectivity index (χ3n) is 3.20. The lowest BCUT2D eigenvalue weighted by atomic mass is 10.1. The molecule has 0 bridgehead atoms. The number of pyridine rings is 1. The van der Waals surface area contributed by atoms with E-state index in [0.717, 1.165) is 29.3 Å². The molecule has 0 atom stereocenters. The van der Waals surface area contributed by atoms with Gasteiger partial charge < -0.3 is 5.73 Å². The Balaban J connectivity index is 2.12. The molecule has 1 aliphatic rings. The van der Waals surface area contributed by atoms with Crippen LogP contribution in [0.25, 0.3) is 0 Å². The lowest BCUT2D eigenvalue weighted by Gasteiger charge is -2.12. The number of carbonyl (C=O) groups excluding carboxylic acids is 2. The van der Waals surface area contributed by atoms with Gasteiger partial charge in [0.1, 0.15) is 5.69 Å². The number of halogens is 1. The van der Waals surface area contributed by atoms with Crippen molar-refractivity contribution in [2.75, 3.05) is 10.6 Å². The van der Waals surface area contributed by atoms with Gasteiger partial charge >= 0.3 is 0 Å². The Bertz CT molecular complexity index is 835. The topological polar surface area (TPSA) is 119 Å². The van der Waals surface area contributed by atoms with E-state index in [1.807, 2.05) is 0 Å². The van der Waals surface area contributed by atoms with Crippen LogP contribution in [0.4, 0.5) is 21.5 Å². The van der Waals surface area contributed by atoms with Gasteiger partial charge in [-0.3, -0.25) is 19.7 Å². The number of hydrogen-bond donors (Lipinski definition) is 1. The quantitative estimate of drug-likeness (QED) is 0.295. The second kappa shape index (κ2) is 4.58. The molecule has 1 aromatic heterocycles. The molecule has 0 unspecified atom stereocenters. The largest absolute Gasteiger partial charge is 0.393 e. The maximum Gasteiger partial charge on any atom is 0.292 e. The van der Waals surface area contributed by atoms with Gasteiger partial charge in [-0.15, -0.1) is 0 Å². The van der Waals surface area contributed by atoms with Crippen LogP contribution in [-0.2, 0) is 0 Å². The van der Waals surface area contributed by atoms with Gasteiger partial charge in [0.15, 0.2) is 0 Å². The van der Waals surface area contributed by atoms with Gasteiger partial charge in [0.05, 0.1) is 27.9 Å². The van der Waals surface area contributed by atoms with Gasteiger partial charge in [0.2, 0.25) is 5.95 Å². The minimum Gasteiger partial charge on any atom is -0.393 e. The van der Waals surface area contributed by atoms with Crippen molar-refractivity contribution in [3.8, 4) is 0 Å². The predicted octanol–water partition coefficient (Wildman–Crippen LogP) is 1.51. The number of hydrogen-bond acceptors (Lipinski definition) is 6. The van der Waals surface area contributed by atoms with E-state index in [1.165, 1.54) is 6.07 Å². The van der Waals surface area contributed by atoms with Gasteiger partial charge in [-0.1, -0.05) is 0 Å². The van der Waals surface area contributed by atoms with Crippen LogP contribution >= 0.6 is 0 Å². The number of nitro groups is 1. The van der Waals surface area contributed by atoms with E-state index in [-0.39, 0.29) is 22.5 Å². The zero-order valence-corrected chi connectivity index (χ0v) is 10.8. The van der Waals surface area contributed by atoms with E-state index >= 15 is 0 Å². The number of carbonyl (C=O) groups is 2. The predicted molar refractivity (Wildman–Crippen MR) is 72.8 cm³/mol. The molecule has 8 nitrogen and oxygen atoms in total. The number of fused-ring (bicyclic) bond motifs is 1. The number of benzene rings is 1. The summed E-state index contributed by atoms with van der Waals surface area (Å²) in [5.41, 5.74) is 4.73. The fourth-order valence-electron chi connectivity index (χ4n) is 2.18.